The highest BCUT2D eigenvalue weighted by atomic mass is 32.2. The highest BCUT2D eigenvalue weighted by molar-refractivity contribution is 8.00. The van der Waals surface area contributed by atoms with Crippen LogP contribution in [0.3, 0.4) is 0 Å². The molecule has 1 saturated heterocycles. The molecule has 0 aliphatic carbocycles. The van der Waals surface area contributed by atoms with Crippen molar-refractivity contribution in [1.82, 2.24) is 5.32 Å². The maximum atomic E-state index is 11.4. The maximum absolute atomic E-state index is 11.4. The fraction of sp³-hybridized carbons (Fsp3) is 0.571. The zero-order valence-corrected chi connectivity index (χ0v) is 12.5. The third-order valence-corrected chi connectivity index (χ3v) is 6.94. The molecule has 0 bridgehead atoms. The second-order valence-electron chi connectivity index (χ2n) is 5.39. The van der Waals surface area contributed by atoms with Crippen molar-refractivity contribution in [1.29, 1.82) is 0 Å². The Labute approximate surface area is 119 Å². The first kappa shape index (κ1) is 13.5. The van der Waals surface area contributed by atoms with Gasteiger partial charge in [-0.05, 0) is 30.9 Å². The van der Waals surface area contributed by atoms with Crippen LogP contribution in [-0.2, 0) is 16.3 Å². The van der Waals surface area contributed by atoms with E-state index in [0.717, 1.165) is 25.8 Å². The van der Waals surface area contributed by atoms with Crippen LogP contribution < -0.4 is 5.32 Å². The average Bonchev–Trinajstić information content (AvgIpc) is 2.80. The normalized spacial score (nSPS) is 26.2. The monoisotopic (exact) mass is 297 g/mol. The van der Waals surface area contributed by atoms with Gasteiger partial charge >= 0.3 is 0 Å². The Bertz CT molecular complexity index is 517. The van der Waals surface area contributed by atoms with Crippen LogP contribution in [0.4, 0.5) is 0 Å². The van der Waals surface area contributed by atoms with Gasteiger partial charge in [0.25, 0.3) is 0 Å². The van der Waals surface area contributed by atoms with Crippen molar-refractivity contribution in [3.05, 3.63) is 29.8 Å². The first-order chi connectivity index (χ1) is 9.12. The van der Waals surface area contributed by atoms with Gasteiger partial charge in [0, 0.05) is 22.7 Å². The maximum Gasteiger partial charge on any atom is 0.150 e. The number of fused-ring (bicyclic) bond motifs is 1. The summed E-state index contributed by atoms with van der Waals surface area (Å²) in [6.07, 6.45) is 2.66. The van der Waals surface area contributed by atoms with Gasteiger partial charge in [-0.3, -0.25) is 0 Å². The fourth-order valence-electron chi connectivity index (χ4n) is 2.76. The molecule has 0 spiro atoms. The third-order valence-electron chi connectivity index (χ3n) is 3.90. The molecule has 1 aromatic rings. The number of benzene rings is 1. The number of thioether (sulfide) groups is 1. The van der Waals surface area contributed by atoms with Crippen molar-refractivity contribution in [2.75, 3.05) is 18.1 Å². The Balaban J connectivity index is 1.48. The van der Waals surface area contributed by atoms with Crippen LogP contribution in [0, 0.1) is 0 Å². The van der Waals surface area contributed by atoms with Crippen LogP contribution in [0.1, 0.15) is 18.4 Å². The van der Waals surface area contributed by atoms with E-state index in [4.69, 9.17) is 0 Å². The zero-order chi connectivity index (χ0) is 13.3. The third kappa shape index (κ3) is 3.33. The van der Waals surface area contributed by atoms with Gasteiger partial charge in [0.2, 0.25) is 0 Å². The molecule has 3 nitrogen and oxygen atoms in total. The summed E-state index contributed by atoms with van der Waals surface area (Å²) in [7, 11) is -2.74. The standard InChI is InChI=1S/C14H19NO2S2/c16-19(17)7-5-12(6-8-19)15-10-13-9-11-3-1-2-4-14(11)18-13/h1-4,12-13,15H,5-10H2. The van der Waals surface area contributed by atoms with Crippen LogP contribution >= 0.6 is 11.8 Å². The van der Waals surface area contributed by atoms with Crippen LogP contribution in [0.5, 0.6) is 0 Å². The predicted molar refractivity (Wildman–Crippen MR) is 79.5 cm³/mol. The SMILES string of the molecule is O=S1(=O)CCC(NCC2Cc3ccccc3S2)CC1. The van der Waals surface area contributed by atoms with Crippen molar-refractivity contribution >= 4 is 21.6 Å². The van der Waals surface area contributed by atoms with Crippen molar-refractivity contribution in [3.63, 3.8) is 0 Å². The van der Waals surface area contributed by atoms with Crippen LogP contribution in [0.25, 0.3) is 0 Å². The second-order valence-corrected chi connectivity index (χ2v) is 9.03. The van der Waals surface area contributed by atoms with Crippen molar-refractivity contribution in [3.8, 4) is 0 Å². The number of sulfone groups is 1. The minimum absolute atomic E-state index is 0.350. The largest absolute Gasteiger partial charge is 0.313 e. The van der Waals surface area contributed by atoms with Gasteiger partial charge in [0.05, 0.1) is 11.5 Å². The Morgan fingerprint density at radius 1 is 1.21 bits per heavy atom. The molecule has 0 saturated carbocycles. The van der Waals surface area contributed by atoms with Crippen LogP contribution in [-0.4, -0.2) is 37.8 Å². The highest BCUT2D eigenvalue weighted by Gasteiger charge is 2.26. The average molecular weight is 297 g/mol. The Hall–Kier alpha value is -0.520. The number of rotatable bonds is 3. The lowest BCUT2D eigenvalue weighted by Crippen LogP contribution is -2.40. The van der Waals surface area contributed by atoms with Gasteiger partial charge in [0.1, 0.15) is 9.84 Å². The quantitative estimate of drug-likeness (QED) is 0.925. The molecule has 2 aliphatic rings. The minimum atomic E-state index is -2.74. The van der Waals surface area contributed by atoms with E-state index in [0.29, 0.717) is 22.8 Å². The Morgan fingerprint density at radius 2 is 1.95 bits per heavy atom. The summed E-state index contributed by atoms with van der Waals surface area (Å²) in [4.78, 5) is 1.40. The van der Waals surface area contributed by atoms with Gasteiger partial charge < -0.3 is 5.32 Å². The molecule has 0 amide bonds. The molecule has 1 aromatic carbocycles. The fourth-order valence-corrected chi connectivity index (χ4v) is 5.51. The Morgan fingerprint density at radius 3 is 2.68 bits per heavy atom. The van der Waals surface area contributed by atoms with Crippen LogP contribution in [0.2, 0.25) is 0 Å². The lowest BCUT2D eigenvalue weighted by Gasteiger charge is -2.24. The van der Waals surface area contributed by atoms with E-state index in [1.165, 1.54) is 10.5 Å². The van der Waals surface area contributed by atoms with E-state index in [9.17, 15) is 8.42 Å². The molecule has 0 radical (unpaired) electrons. The van der Waals surface area contributed by atoms with E-state index < -0.39 is 9.84 Å². The molecule has 3 rings (SSSR count). The molecule has 104 valence electrons. The van der Waals surface area contributed by atoms with Crippen LogP contribution in [0.15, 0.2) is 29.2 Å². The summed E-state index contributed by atoms with van der Waals surface area (Å²) in [6.45, 7) is 0.976. The summed E-state index contributed by atoms with van der Waals surface area (Å²) < 4.78 is 22.7. The van der Waals surface area contributed by atoms with Gasteiger partial charge in [0.15, 0.2) is 0 Å². The molecule has 1 atom stereocenters. The minimum Gasteiger partial charge on any atom is -0.313 e. The molecule has 19 heavy (non-hydrogen) atoms. The molecular formula is C14H19NO2S2. The predicted octanol–water partition coefficient (Wildman–Crippen LogP) is 1.87. The molecular weight excluding hydrogens is 278 g/mol. The second kappa shape index (κ2) is 5.46. The van der Waals surface area contributed by atoms with E-state index >= 15 is 0 Å². The summed E-state index contributed by atoms with van der Waals surface area (Å²) in [6, 6.07) is 8.96. The van der Waals surface area contributed by atoms with Gasteiger partial charge in [-0.2, -0.15) is 0 Å². The lowest BCUT2D eigenvalue weighted by molar-refractivity contribution is 0.463. The highest BCUT2D eigenvalue weighted by Crippen LogP contribution is 2.36. The molecule has 1 fully saturated rings. The molecule has 2 aliphatic heterocycles. The summed E-state index contributed by atoms with van der Waals surface area (Å²) in [5.74, 6) is 0.700. The number of nitrogens with one attached hydrogen (secondary N) is 1. The van der Waals surface area contributed by atoms with E-state index in [-0.39, 0.29) is 0 Å². The molecule has 2 heterocycles. The molecule has 0 aromatic heterocycles. The number of hydrogen-bond acceptors (Lipinski definition) is 4. The van der Waals surface area contributed by atoms with Gasteiger partial charge in [-0.15, -0.1) is 11.8 Å². The topological polar surface area (TPSA) is 46.2 Å². The van der Waals surface area contributed by atoms with Crippen molar-refractivity contribution in [2.45, 2.75) is 35.4 Å². The first-order valence-electron chi connectivity index (χ1n) is 6.81. The smallest absolute Gasteiger partial charge is 0.150 e. The summed E-state index contributed by atoms with van der Waals surface area (Å²) in [5, 5.41) is 4.14. The summed E-state index contributed by atoms with van der Waals surface area (Å²) in [5.41, 5.74) is 1.45. The molecule has 1 N–H and O–H groups in total. The van der Waals surface area contributed by atoms with E-state index in [2.05, 4.69) is 29.6 Å². The summed E-state index contributed by atoms with van der Waals surface area (Å²) >= 11 is 1.94. The zero-order valence-electron chi connectivity index (χ0n) is 10.8. The van der Waals surface area contributed by atoms with Crippen molar-refractivity contribution < 1.29 is 8.42 Å². The molecule has 5 heteroatoms. The van der Waals surface area contributed by atoms with Gasteiger partial charge in [-0.1, -0.05) is 18.2 Å². The van der Waals surface area contributed by atoms with E-state index in [1.54, 1.807) is 0 Å². The number of hydrogen-bond donors (Lipinski definition) is 1. The van der Waals surface area contributed by atoms with E-state index in [1.807, 2.05) is 11.8 Å². The Kier molecular flexibility index (Phi) is 3.87. The first-order valence-corrected chi connectivity index (χ1v) is 9.51. The van der Waals surface area contributed by atoms with Gasteiger partial charge in [-0.25, -0.2) is 8.42 Å². The molecule has 1 unspecified atom stereocenters. The van der Waals surface area contributed by atoms with Crippen molar-refractivity contribution in [2.24, 2.45) is 0 Å². The lowest BCUT2D eigenvalue weighted by atomic mass is 10.1.